The van der Waals surface area contributed by atoms with Gasteiger partial charge in [-0.05, 0) is 74.1 Å². The highest BCUT2D eigenvalue weighted by Gasteiger charge is 2.34. The first-order valence-electron chi connectivity index (χ1n) is 9.97. The predicted octanol–water partition coefficient (Wildman–Crippen LogP) is 4.56. The SMILES string of the molecule is CC(C)(C)OC(=O)N(C(=O)OC(C)(C)C)c1cnc([C@H]2CC[C@](C)(O)CC2)cn1. The van der Waals surface area contributed by atoms with Crippen molar-refractivity contribution in [1.82, 2.24) is 9.97 Å². The Morgan fingerprint density at radius 3 is 1.86 bits per heavy atom. The van der Waals surface area contributed by atoms with Gasteiger partial charge < -0.3 is 14.6 Å². The largest absolute Gasteiger partial charge is 0.443 e. The second-order valence-electron chi connectivity index (χ2n) is 9.87. The van der Waals surface area contributed by atoms with E-state index < -0.39 is 29.0 Å². The lowest BCUT2D eigenvalue weighted by Crippen LogP contribution is -2.44. The summed E-state index contributed by atoms with van der Waals surface area (Å²) in [7, 11) is 0. The van der Waals surface area contributed by atoms with E-state index in [1.54, 1.807) is 47.7 Å². The van der Waals surface area contributed by atoms with Gasteiger partial charge in [0, 0.05) is 5.92 Å². The average Bonchev–Trinajstić information content (AvgIpc) is 2.52. The Morgan fingerprint density at radius 2 is 1.48 bits per heavy atom. The number of hydrogen-bond acceptors (Lipinski definition) is 7. The van der Waals surface area contributed by atoms with Crippen LogP contribution in [0.3, 0.4) is 0 Å². The molecule has 2 amide bonds. The molecule has 1 fully saturated rings. The molecule has 1 aliphatic rings. The van der Waals surface area contributed by atoms with Crippen LogP contribution in [0.5, 0.6) is 0 Å². The molecule has 0 bridgehead atoms. The van der Waals surface area contributed by atoms with E-state index >= 15 is 0 Å². The van der Waals surface area contributed by atoms with Gasteiger partial charge in [0.05, 0.1) is 23.7 Å². The van der Waals surface area contributed by atoms with E-state index in [1.165, 1.54) is 6.20 Å². The van der Waals surface area contributed by atoms with Crippen molar-refractivity contribution >= 4 is 18.0 Å². The first kappa shape index (κ1) is 23.1. The molecule has 0 atom stereocenters. The fourth-order valence-corrected chi connectivity index (χ4v) is 3.07. The van der Waals surface area contributed by atoms with E-state index in [2.05, 4.69) is 9.97 Å². The summed E-state index contributed by atoms with van der Waals surface area (Å²) in [5, 5.41) is 10.1. The zero-order valence-corrected chi connectivity index (χ0v) is 18.5. The van der Waals surface area contributed by atoms with Gasteiger partial charge in [-0.25, -0.2) is 14.6 Å². The molecule has 0 aliphatic heterocycles. The molecule has 1 saturated carbocycles. The zero-order valence-electron chi connectivity index (χ0n) is 18.5. The second-order valence-corrected chi connectivity index (χ2v) is 9.87. The first-order chi connectivity index (χ1) is 13.2. The lowest BCUT2D eigenvalue weighted by atomic mass is 9.79. The number of aromatic nitrogens is 2. The van der Waals surface area contributed by atoms with Crippen molar-refractivity contribution in [3.05, 3.63) is 18.1 Å². The Bertz CT molecular complexity index is 694. The van der Waals surface area contributed by atoms with Crippen molar-refractivity contribution in [3.63, 3.8) is 0 Å². The molecule has 29 heavy (non-hydrogen) atoms. The molecule has 1 heterocycles. The quantitative estimate of drug-likeness (QED) is 0.766. The van der Waals surface area contributed by atoms with Crippen LogP contribution in [0.15, 0.2) is 12.4 Å². The van der Waals surface area contributed by atoms with Gasteiger partial charge in [-0.1, -0.05) is 0 Å². The Labute approximate surface area is 172 Å². The van der Waals surface area contributed by atoms with Crippen LogP contribution in [0.4, 0.5) is 15.4 Å². The highest BCUT2D eigenvalue weighted by atomic mass is 16.6. The first-order valence-corrected chi connectivity index (χ1v) is 9.97. The summed E-state index contributed by atoms with van der Waals surface area (Å²) in [6.07, 6.45) is 4.22. The maximum absolute atomic E-state index is 12.7. The predicted molar refractivity (Wildman–Crippen MR) is 109 cm³/mol. The van der Waals surface area contributed by atoms with Crippen molar-refractivity contribution in [2.75, 3.05) is 4.90 Å². The van der Waals surface area contributed by atoms with Gasteiger partial charge in [-0.3, -0.25) is 4.98 Å². The number of carbonyl (C=O) groups is 2. The molecular formula is C21H33N3O5. The highest BCUT2D eigenvalue weighted by molar-refractivity contribution is 6.08. The summed E-state index contributed by atoms with van der Waals surface area (Å²) in [6, 6.07) is 0. The number of amides is 2. The number of anilines is 1. The third-order valence-electron chi connectivity index (χ3n) is 4.52. The number of hydrogen-bond donors (Lipinski definition) is 1. The van der Waals surface area contributed by atoms with Crippen LogP contribution in [-0.4, -0.2) is 44.1 Å². The molecule has 0 radical (unpaired) electrons. The summed E-state index contributed by atoms with van der Waals surface area (Å²) in [6.45, 7) is 12.1. The van der Waals surface area contributed by atoms with Crippen LogP contribution in [0.1, 0.15) is 85.8 Å². The normalized spacial score (nSPS) is 22.7. The number of carbonyl (C=O) groups excluding carboxylic acids is 2. The van der Waals surface area contributed by atoms with Crippen molar-refractivity contribution in [3.8, 4) is 0 Å². The maximum Gasteiger partial charge on any atom is 0.425 e. The molecule has 0 unspecified atom stereocenters. The van der Waals surface area contributed by atoms with Gasteiger partial charge in [-0.15, -0.1) is 0 Å². The van der Waals surface area contributed by atoms with Gasteiger partial charge in [0.2, 0.25) is 0 Å². The van der Waals surface area contributed by atoms with Crippen molar-refractivity contribution < 1.29 is 24.2 Å². The Morgan fingerprint density at radius 1 is 1.00 bits per heavy atom. The summed E-state index contributed by atoms with van der Waals surface area (Å²) in [4.78, 5) is 34.8. The van der Waals surface area contributed by atoms with E-state index in [1.807, 2.05) is 6.92 Å². The van der Waals surface area contributed by atoms with Crippen LogP contribution in [0.25, 0.3) is 0 Å². The van der Waals surface area contributed by atoms with Crippen molar-refractivity contribution in [1.29, 1.82) is 0 Å². The zero-order chi connectivity index (χ0) is 22.0. The molecule has 8 heteroatoms. The molecule has 1 aliphatic carbocycles. The van der Waals surface area contributed by atoms with Crippen LogP contribution < -0.4 is 4.90 Å². The summed E-state index contributed by atoms with van der Waals surface area (Å²) in [5.41, 5.74) is -1.43. The molecule has 1 aromatic rings. The second kappa shape index (κ2) is 8.26. The van der Waals surface area contributed by atoms with E-state index in [0.717, 1.165) is 23.4 Å². The van der Waals surface area contributed by atoms with E-state index in [9.17, 15) is 14.7 Å². The lowest BCUT2D eigenvalue weighted by molar-refractivity contribution is 0.0167. The monoisotopic (exact) mass is 407 g/mol. The fraction of sp³-hybridized carbons (Fsp3) is 0.714. The molecule has 1 N–H and O–H groups in total. The average molecular weight is 408 g/mol. The lowest BCUT2D eigenvalue weighted by Gasteiger charge is -2.32. The number of aliphatic hydroxyl groups is 1. The molecule has 0 spiro atoms. The van der Waals surface area contributed by atoms with Crippen LogP contribution in [0.2, 0.25) is 0 Å². The number of rotatable bonds is 2. The van der Waals surface area contributed by atoms with E-state index in [0.29, 0.717) is 12.8 Å². The van der Waals surface area contributed by atoms with Gasteiger partial charge in [-0.2, -0.15) is 4.90 Å². The molecule has 1 aromatic heterocycles. The standard InChI is InChI=1S/C21H33N3O5/c1-19(2,3)28-17(25)24(18(26)29-20(4,5)6)16-13-22-15(12-23-16)14-8-10-21(7,27)11-9-14/h12-14,27H,8-11H2,1-7H3/t14-,21-. The van der Waals surface area contributed by atoms with Gasteiger partial charge >= 0.3 is 12.2 Å². The van der Waals surface area contributed by atoms with Gasteiger partial charge in [0.1, 0.15) is 11.2 Å². The van der Waals surface area contributed by atoms with Gasteiger partial charge in [0.15, 0.2) is 5.82 Å². The van der Waals surface area contributed by atoms with E-state index in [-0.39, 0.29) is 11.7 Å². The van der Waals surface area contributed by atoms with Crippen molar-refractivity contribution in [2.24, 2.45) is 0 Å². The third-order valence-corrected chi connectivity index (χ3v) is 4.52. The van der Waals surface area contributed by atoms with Crippen LogP contribution in [0, 0.1) is 0 Å². The Balaban J connectivity index is 2.24. The fourth-order valence-electron chi connectivity index (χ4n) is 3.07. The molecule has 0 aromatic carbocycles. The number of imide groups is 1. The smallest absolute Gasteiger partial charge is 0.425 e. The number of ether oxygens (including phenoxy) is 2. The highest BCUT2D eigenvalue weighted by Crippen LogP contribution is 2.37. The third kappa shape index (κ3) is 6.96. The van der Waals surface area contributed by atoms with Crippen LogP contribution >= 0.6 is 0 Å². The minimum absolute atomic E-state index is 0.0417. The molecule has 162 valence electrons. The van der Waals surface area contributed by atoms with Crippen molar-refractivity contribution in [2.45, 2.75) is 96.9 Å². The molecule has 0 saturated heterocycles. The van der Waals surface area contributed by atoms with Crippen LogP contribution in [-0.2, 0) is 9.47 Å². The number of nitrogens with zero attached hydrogens (tertiary/aromatic N) is 3. The van der Waals surface area contributed by atoms with E-state index in [4.69, 9.17) is 9.47 Å². The minimum atomic E-state index is -0.873. The maximum atomic E-state index is 12.7. The minimum Gasteiger partial charge on any atom is -0.443 e. The summed E-state index contributed by atoms with van der Waals surface area (Å²) in [5.74, 6) is 0.230. The topological polar surface area (TPSA) is 102 Å². The van der Waals surface area contributed by atoms with Gasteiger partial charge in [0.25, 0.3) is 0 Å². The summed E-state index contributed by atoms with van der Waals surface area (Å²) < 4.78 is 10.7. The summed E-state index contributed by atoms with van der Waals surface area (Å²) >= 11 is 0. The molecular weight excluding hydrogens is 374 g/mol. The molecule has 8 nitrogen and oxygen atoms in total. The Hall–Kier alpha value is -2.22. The Kier molecular flexibility index (Phi) is 6.57. The molecule has 2 rings (SSSR count).